The Balaban J connectivity index is 2.21. The number of hydrogen-bond acceptors (Lipinski definition) is 3. The molecule has 1 saturated heterocycles. The molecule has 92 valence electrons. The maximum Gasteiger partial charge on any atom is 0.217 e. The zero-order valence-corrected chi connectivity index (χ0v) is 10.3. The Kier molecular flexibility index (Phi) is 5.46. The Labute approximate surface area is 97.4 Å². The van der Waals surface area contributed by atoms with Crippen LogP contribution in [0.3, 0.4) is 0 Å². The van der Waals surface area contributed by atoms with Gasteiger partial charge in [-0.3, -0.25) is 14.5 Å². The van der Waals surface area contributed by atoms with Crippen molar-refractivity contribution in [3.8, 4) is 0 Å². The molecule has 0 aliphatic carbocycles. The van der Waals surface area contributed by atoms with E-state index in [0.717, 1.165) is 32.4 Å². The van der Waals surface area contributed by atoms with Crippen LogP contribution in [0.1, 0.15) is 39.5 Å². The van der Waals surface area contributed by atoms with Gasteiger partial charge in [0.05, 0.1) is 6.54 Å². The summed E-state index contributed by atoms with van der Waals surface area (Å²) in [6, 6.07) is 0.301. The van der Waals surface area contributed by atoms with E-state index in [0.29, 0.717) is 24.8 Å². The minimum Gasteiger partial charge on any atom is -0.354 e. The Morgan fingerprint density at radius 1 is 1.31 bits per heavy atom. The molecule has 4 nitrogen and oxygen atoms in total. The minimum atomic E-state index is 0.0421. The number of carbonyl (C=O) groups is 2. The van der Waals surface area contributed by atoms with Gasteiger partial charge < -0.3 is 5.32 Å². The van der Waals surface area contributed by atoms with Crippen molar-refractivity contribution in [1.29, 1.82) is 0 Å². The summed E-state index contributed by atoms with van der Waals surface area (Å²) in [5, 5.41) is 2.93. The van der Waals surface area contributed by atoms with Gasteiger partial charge >= 0.3 is 0 Å². The quantitative estimate of drug-likeness (QED) is 0.759. The number of hydrogen-bond donors (Lipinski definition) is 1. The fraction of sp³-hybridized carbons (Fsp3) is 0.833. The van der Waals surface area contributed by atoms with Crippen LogP contribution in [-0.4, -0.2) is 42.3 Å². The lowest BCUT2D eigenvalue weighted by Crippen LogP contribution is -2.45. The summed E-state index contributed by atoms with van der Waals surface area (Å²) in [4.78, 5) is 24.5. The molecule has 0 spiro atoms. The monoisotopic (exact) mass is 226 g/mol. The van der Waals surface area contributed by atoms with Crippen LogP contribution < -0.4 is 5.32 Å². The molecule has 1 aliphatic heterocycles. The molecule has 16 heavy (non-hydrogen) atoms. The predicted octanol–water partition coefficient (Wildman–Crippen LogP) is 0.956. The molecule has 1 rings (SSSR count). The zero-order chi connectivity index (χ0) is 12.0. The number of Topliss-reactive ketones (excluding diaryl/α,β-unsaturated/α-hetero) is 1. The molecule has 0 aromatic carbocycles. The van der Waals surface area contributed by atoms with Crippen LogP contribution in [-0.2, 0) is 9.59 Å². The van der Waals surface area contributed by atoms with Crippen molar-refractivity contribution in [3.63, 3.8) is 0 Å². The molecule has 0 radical (unpaired) electrons. The van der Waals surface area contributed by atoms with E-state index in [1.807, 2.05) is 6.92 Å². The molecule has 0 saturated carbocycles. The average Bonchev–Trinajstić information content (AvgIpc) is 2.20. The smallest absolute Gasteiger partial charge is 0.217 e. The van der Waals surface area contributed by atoms with Crippen molar-refractivity contribution < 1.29 is 9.59 Å². The highest BCUT2D eigenvalue weighted by Gasteiger charge is 2.20. The normalized spacial score (nSPS) is 18.4. The number of nitrogens with one attached hydrogen (secondary N) is 1. The molecule has 0 atom stereocenters. The van der Waals surface area contributed by atoms with Gasteiger partial charge in [-0.15, -0.1) is 0 Å². The van der Waals surface area contributed by atoms with Crippen molar-refractivity contribution >= 4 is 11.7 Å². The van der Waals surface area contributed by atoms with Crippen molar-refractivity contribution in [2.24, 2.45) is 0 Å². The Bertz CT molecular complexity index is 245. The topological polar surface area (TPSA) is 49.4 Å². The van der Waals surface area contributed by atoms with Crippen LogP contribution in [0, 0.1) is 0 Å². The number of rotatable bonds is 5. The van der Waals surface area contributed by atoms with Crippen LogP contribution in [0.25, 0.3) is 0 Å². The third kappa shape index (κ3) is 4.75. The molecule has 1 fully saturated rings. The first-order chi connectivity index (χ1) is 7.61. The SMILES string of the molecule is CCCC(=O)CN1CCC(NC(C)=O)CC1. The minimum absolute atomic E-state index is 0.0421. The van der Waals surface area contributed by atoms with Crippen molar-refractivity contribution in [1.82, 2.24) is 10.2 Å². The molecule has 1 N–H and O–H groups in total. The second-order valence-corrected chi connectivity index (χ2v) is 4.54. The second-order valence-electron chi connectivity index (χ2n) is 4.54. The van der Waals surface area contributed by atoms with Gasteiger partial charge in [0.1, 0.15) is 5.78 Å². The summed E-state index contributed by atoms with van der Waals surface area (Å²) in [5.41, 5.74) is 0. The molecular formula is C12H22N2O2. The van der Waals surface area contributed by atoms with Gasteiger partial charge in [0.25, 0.3) is 0 Å². The van der Waals surface area contributed by atoms with Crippen molar-refractivity contribution in [2.75, 3.05) is 19.6 Å². The molecule has 4 heteroatoms. The number of ketones is 1. The first-order valence-electron chi connectivity index (χ1n) is 6.13. The predicted molar refractivity (Wildman–Crippen MR) is 63.2 cm³/mol. The summed E-state index contributed by atoms with van der Waals surface area (Å²) in [6.07, 6.45) is 3.53. The molecule has 0 bridgehead atoms. The fourth-order valence-corrected chi connectivity index (χ4v) is 2.13. The van der Waals surface area contributed by atoms with Crippen LogP contribution in [0.2, 0.25) is 0 Å². The molecule has 1 heterocycles. The maximum atomic E-state index is 11.5. The Hall–Kier alpha value is -0.900. The van der Waals surface area contributed by atoms with E-state index in [1.54, 1.807) is 6.92 Å². The van der Waals surface area contributed by atoms with E-state index < -0.39 is 0 Å². The second kappa shape index (κ2) is 6.63. The van der Waals surface area contributed by atoms with Crippen LogP contribution in [0.4, 0.5) is 0 Å². The van der Waals surface area contributed by atoms with Gasteiger partial charge in [-0.05, 0) is 19.3 Å². The molecule has 0 aromatic rings. The lowest BCUT2D eigenvalue weighted by atomic mass is 10.0. The zero-order valence-electron chi connectivity index (χ0n) is 10.3. The number of amides is 1. The lowest BCUT2D eigenvalue weighted by Gasteiger charge is -2.31. The summed E-state index contributed by atoms with van der Waals surface area (Å²) >= 11 is 0. The number of piperidine rings is 1. The third-order valence-electron chi connectivity index (χ3n) is 2.92. The molecule has 1 amide bonds. The van der Waals surface area contributed by atoms with E-state index in [1.165, 1.54) is 0 Å². The van der Waals surface area contributed by atoms with Gasteiger partial charge in [-0.1, -0.05) is 6.92 Å². The highest BCUT2D eigenvalue weighted by Crippen LogP contribution is 2.10. The highest BCUT2D eigenvalue weighted by molar-refractivity contribution is 5.80. The molecular weight excluding hydrogens is 204 g/mol. The summed E-state index contributed by atoms with van der Waals surface area (Å²) < 4.78 is 0. The van der Waals surface area contributed by atoms with Crippen LogP contribution >= 0.6 is 0 Å². The number of likely N-dealkylation sites (tertiary alicyclic amines) is 1. The van der Waals surface area contributed by atoms with Gasteiger partial charge in [0, 0.05) is 32.5 Å². The fourth-order valence-electron chi connectivity index (χ4n) is 2.13. The Morgan fingerprint density at radius 3 is 2.44 bits per heavy atom. The largest absolute Gasteiger partial charge is 0.354 e. The van der Waals surface area contributed by atoms with E-state index in [-0.39, 0.29) is 5.91 Å². The lowest BCUT2D eigenvalue weighted by molar-refractivity contribution is -0.122. The number of carbonyl (C=O) groups excluding carboxylic acids is 2. The Morgan fingerprint density at radius 2 is 1.94 bits per heavy atom. The first-order valence-corrected chi connectivity index (χ1v) is 6.13. The van der Waals surface area contributed by atoms with E-state index >= 15 is 0 Å². The van der Waals surface area contributed by atoms with E-state index in [4.69, 9.17) is 0 Å². The third-order valence-corrected chi connectivity index (χ3v) is 2.92. The highest BCUT2D eigenvalue weighted by atomic mass is 16.1. The summed E-state index contributed by atoms with van der Waals surface area (Å²) in [7, 11) is 0. The van der Waals surface area contributed by atoms with Gasteiger partial charge in [-0.25, -0.2) is 0 Å². The maximum absolute atomic E-state index is 11.5. The first kappa shape index (κ1) is 13.2. The van der Waals surface area contributed by atoms with Crippen LogP contribution in [0.15, 0.2) is 0 Å². The van der Waals surface area contributed by atoms with E-state index in [9.17, 15) is 9.59 Å². The van der Waals surface area contributed by atoms with Gasteiger partial charge in [-0.2, -0.15) is 0 Å². The summed E-state index contributed by atoms with van der Waals surface area (Å²) in [6.45, 7) is 6.00. The van der Waals surface area contributed by atoms with Crippen LogP contribution in [0.5, 0.6) is 0 Å². The standard InChI is InChI=1S/C12H22N2O2/c1-3-4-12(16)9-14-7-5-11(6-8-14)13-10(2)15/h11H,3-9H2,1-2H3,(H,13,15). The summed E-state index contributed by atoms with van der Waals surface area (Å²) in [5.74, 6) is 0.376. The molecule has 0 unspecified atom stereocenters. The van der Waals surface area contributed by atoms with Gasteiger partial charge in [0.15, 0.2) is 0 Å². The molecule has 0 aromatic heterocycles. The number of nitrogens with zero attached hydrogens (tertiary/aromatic N) is 1. The van der Waals surface area contributed by atoms with Crippen molar-refractivity contribution in [2.45, 2.75) is 45.6 Å². The van der Waals surface area contributed by atoms with E-state index in [2.05, 4.69) is 10.2 Å². The molecule has 1 aliphatic rings. The van der Waals surface area contributed by atoms with Crippen molar-refractivity contribution in [3.05, 3.63) is 0 Å². The van der Waals surface area contributed by atoms with Gasteiger partial charge in [0.2, 0.25) is 5.91 Å². The average molecular weight is 226 g/mol.